The molecule has 1 aliphatic heterocycles. The number of alkyl halides is 3. The van der Waals surface area contributed by atoms with Crippen molar-refractivity contribution in [2.24, 2.45) is 7.05 Å². The lowest BCUT2D eigenvalue weighted by molar-refractivity contribution is -0.137. The van der Waals surface area contributed by atoms with Crippen LogP contribution in [0, 0.1) is 0 Å². The summed E-state index contributed by atoms with van der Waals surface area (Å²) in [6.45, 7) is 0.809. The molecule has 1 aromatic heterocycles. The maximum Gasteiger partial charge on any atom is 0.417 e. The normalized spacial score (nSPS) is 17.3. The number of halogens is 4. The third kappa shape index (κ3) is 4.66. The van der Waals surface area contributed by atoms with Crippen molar-refractivity contribution in [1.82, 2.24) is 20.4 Å². The first kappa shape index (κ1) is 22.4. The van der Waals surface area contributed by atoms with E-state index in [1.807, 2.05) is 37.5 Å². The number of aromatic nitrogens is 2. The average Bonchev–Trinajstić information content (AvgIpc) is 3.43. The first-order valence-corrected chi connectivity index (χ1v) is 10.6. The van der Waals surface area contributed by atoms with Gasteiger partial charge >= 0.3 is 6.18 Å². The maximum absolute atomic E-state index is 13.2. The van der Waals surface area contributed by atoms with Crippen molar-refractivity contribution >= 4 is 17.5 Å². The van der Waals surface area contributed by atoms with Crippen molar-refractivity contribution in [1.29, 1.82) is 0 Å². The first-order chi connectivity index (χ1) is 15.2. The number of carbonyl (C=O) groups is 1. The van der Waals surface area contributed by atoms with Gasteiger partial charge in [-0.1, -0.05) is 35.9 Å². The zero-order valence-corrected chi connectivity index (χ0v) is 18.0. The molecule has 1 aliphatic rings. The highest BCUT2D eigenvalue weighted by molar-refractivity contribution is 6.34. The third-order valence-corrected chi connectivity index (χ3v) is 6.03. The Hall–Kier alpha value is -2.84. The monoisotopic (exact) mass is 462 g/mol. The highest BCUT2D eigenvalue weighted by Crippen LogP contribution is 2.36. The second kappa shape index (κ2) is 8.96. The Morgan fingerprint density at radius 1 is 1.25 bits per heavy atom. The van der Waals surface area contributed by atoms with E-state index in [9.17, 15) is 18.0 Å². The Balaban J connectivity index is 1.66. The molecule has 0 bridgehead atoms. The van der Waals surface area contributed by atoms with Crippen LogP contribution >= 0.6 is 11.6 Å². The van der Waals surface area contributed by atoms with E-state index in [1.54, 1.807) is 10.9 Å². The summed E-state index contributed by atoms with van der Waals surface area (Å²) < 4.78 is 41.4. The van der Waals surface area contributed by atoms with Crippen LogP contribution in [0.1, 0.15) is 40.4 Å². The Kier molecular flexibility index (Phi) is 6.26. The Labute approximate surface area is 188 Å². The highest BCUT2D eigenvalue weighted by Gasteiger charge is 2.35. The topological polar surface area (TPSA) is 59.0 Å². The van der Waals surface area contributed by atoms with Crippen molar-refractivity contribution in [2.45, 2.75) is 31.1 Å². The van der Waals surface area contributed by atoms with E-state index >= 15 is 0 Å². The summed E-state index contributed by atoms with van der Waals surface area (Å²) >= 11 is 5.98. The average molecular weight is 463 g/mol. The minimum Gasteiger partial charge on any atom is -0.344 e. The van der Waals surface area contributed by atoms with Gasteiger partial charge in [-0.2, -0.15) is 18.3 Å². The molecular formula is C23H22ClF3N4O. The second-order valence-corrected chi connectivity index (χ2v) is 8.22. The largest absolute Gasteiger partial charge is 0.417 e. The minimum atomic E-state index is -4.64. The molecule has 0 spiro atoms. The molecule has 2 atom stereocenters. The summed E-state index contributed by atoms with van der Waals surface area (Å²) in [4.78, 5) is 13.0. The van der Waals surface area contributed by atoms with Crippen LogP contribution in [0.3, 0.4) is 0 Å². The number of hydrogen-bond donors (Lipinski definition) is 2. The van der Waals surface area contributed by atoms with Crippen LogP contribution in [0.5, 0.6) is 0 Å². The van der Waals surface area contributed by atoms with Gasteiger partial charge in [0.25, 0.3) is 5.91 Å². The zero-order chi connectivity index (χ0) is 22.9. The Morgan fingerprint density at radius 3 is 2.69 bits per heavy atom. The van der Waals surface area contributed by atoms with E-state index in [4.69, 9.17) is 11.6 Å². The SMILES string of the molecule is Cn1cc(-c2cccc(C(NC(=O)c3cccc(C(F)(F)F)c3Cl)[C@@H]3CCCN3)c2)cn1. The number of nitrogens with zero attached hydrogens (tertiary/aromatic N) is 2. The van der Waals surface area contributed by atoms with E-state index < -0.39 is 28.7 Å². The lowest BCUT2D eigenvalue weighted by atomic mass is 9.94. The van der Waals surface area contributed by atoms with Crippen LogP contribution in [0.25, 0.3) is 11.1 Å². The van der Waals surface area contributed by atoms with E-state index in [2.05, 4.69) is 15.7 Å². The number of hydrogen-bond acceptors (Lipinski definition) is 3. The van der Waals surface area contributed by atoms with Crippen molar-refractivity contribution in [3.05, 3.63) is 76.6 Å². The van der Waals surface area contributed by atoms with Crippen molar-refractivity contribution in [3.63, 3.8) is 0 Å². The Bertz CT molecular complexity index is 1120. The van der Waals surface area contributed by atoms with Gasteiger partial charge in [0, 0.05) is 24.8 Å². The smallest absolute Gasteiger partial charge is 0.344 e. The van der Waals surface area contributed by atoms with Crippen LogP contribution in [0.4, 0.5) is 13.2 Å². The van der Waals surface area contributed by atoms with Gasteiger partial charge in [-0.3, -0.25) is 9.48 Å². The minimum absolute atomic E-state index is 0.0485. The van der Waals surface area contributed by atoms with E-state index in [0.717, 1.165) is 42.1 Å². The van der Waals surface area contributed by atoms with Gasteiger partial charge in [-0.05, 0) is 48.7 Å². The standard InChI is InChI=1S/C23H22ClF3N4O/c1-31-13-16(12-29-31)14-5-2-6-15(11-14)21(19-9-4-10-28-19)30-22(32)17-7-3-8-18(20(17)24)23(25,26)27/h2-3,5-8,11-13,19,21,28H,4,9-10H2,1H3,(H,30,32)/t19-,21?/m0/s1. The summed E-state index contributed by atoms with van der Waals surface area (Å²) in [5.74, 6) is -0.647. The van der Waals surface area contributed by atoms with Gasteiger partial charge in [-0.25, -0.2) is 0 Å². The van der Waals surface area contributed by atoms with Gasteiger partial charge in [-0.15, -0.1) is 0 Å². The molecule has 5 nitrogen and oxygen atoms in total. The van der Waals surface area contributed by atoms with Crippen molar-refractivity contribution in [2.75, 3.05) is 6.54 Å². The molecule has 3 aromatic rings. The molecule has 9 heteroatoms. The van der Waals surface area contributed by atoms with Gasteiger partial charge in [0.15, 0.2) is 0 Å². The maximum atomic E-state index is 13.2. The molecule has 1 fully saturated rings. The molecule has 1 amide bonds. The van der Waals surface area contributed by atoms with Crippen LogP contribution in [-0.2, 0) is 13.2 Å². The third-order valence-electron chi connectivity index (χ3n) is 5.62. The van der Waals surface area contributed by atoms with E-state index in [0.29, 0.717) is 0 Å². The molecule has 0 aliphatic carbocycles. The number of amides is 1. The molecule has 168 valence electrons. The molecule has 2 aromatic carbocycles. The molecule has 0 radical (unpaired) electrons. The van der Waals surface area contributed by atoms with Crippen LogP contribution in [-0.4, -0.2) is 28.3 Å². The zero-order valence-electron chi connectivity index (χ0n) is 17.3. The summed E-state index contributed by atoms with van der Waals surface area (Å²) in [6, 6.07) is 10.6. The molecule has 2 heterocycles. The fourth-order valence-corrected chi connectivity index (χ4v) is 4.36. The number of nitrogens with one attached hydrogen (secondary N) is 2. The van der Waals surface area contributed by atoms with Crippen molar-refractivity contribution in [3.8, 4) is 11.1 Å². The molecule has 4 rings (SSSR count). The summed E-state index contributed by atoms with van der Waals surface area (Å²) in [7, 11) is 1.83. The number of aryl methyl sites for hydroxylation is 1. The van der Waals surface area contributed by atoms with Gasteiger partial charge < -0.3 is 10.6 Å². The number of benzene rings is 2. The Morgan fingerprint density at radius 2 is 2.03 bits per heavy atom. The number of carbonyl (C=O) groups excluding carboxylic acids is 1. The molecule has 1 unspecified atom stereocenters. The fourth-order valence-electron chi connectivity index (χ4n) is 4.04. The van der Waals surface area contributed by atoms with Gasteiger partial charge in [0.1, 0.15) is 0 Å². The highest BCUT2D eigenvalue weighted by atomic mass is 35.5. The molecule has 2 N–H and O–H groups in total. The van der Waals surface area contributed by atoms with Crippen LogP contribution in [0.2, 0.25) is 5.02 Å². The van der Waals surface area contributed by atoms with Gasteiger partial charge in [0.2, 0.25) is 0 Å². The molecule has 1 saturated heterocycles. The van der Waals surface area contributed by atoms with Crippen molar-refractivity contribution < 1.29 is 18.0 Å². The lowest BCUT2D eigenvalue weighted by Crippen LogP contribution is -2.41. The quantitative estimate of drug-likeness (QED) is 0.562. The second-order valence-electron chi connectivity index (χ2n) is 7.85. The fraction of sp³-hybridized carbons (Fsp3) is 0.304. The summed E-state index contributed by atoms with van der Waals surface area (Å²) in [5.41, 5.74) is 1.49. The summed E-state index contributed by atoms with van der Waals surface area (Å²) in [5, 5.41) is 9.90. The lowest BCUT2D eigenvalue weighted by Gasteiger charge is -2.26. The van der Waals surface area contributed by atoms with Crippen LogP contribution in [0.15, 0.2) is 54.9 Å². The predicted molar refractivity (Wildman–Crippen MR) is 116 cm³/mol. The summed E-state index contributed by atoms with van der Waals surface area (Å²) in [6.07, 6.45) is 0.783. The predicted octanol–water partition coefficient (Wildman–Crippen LogP) is 4.98. The van der Waals surface area contributed by atoms with Crippen LogP contribution < -0.4 is 10.6 Å². The molecule has 32 heavy (non-hydrogen) atoms. The van der Waals surface area contributed by atoms with Gasteiger partial charge in [0.05, 0.1) is 28.4 Å². The number of rotatable bonds is 5. The van der Waals surface area contributed by atoms with E-state index in [-0.39, 0.29) is 11.6 Å². The first-order valence-electron chi connectivity index (χ1n) is 10.2. The molecular weight excluding hydrogens is 441 g/mol. The molecule has 0 saturated carbocycles. The van der Waals surface area contributed by atoms with E-state index in [1.165, 1.54) is 12.1 Å².